The SMILES string of the molecule is CS(=O)(=O)c1ccccc1-c1ccc(N2CCC(NS(=O)(=O)C=Cc3ccc(Cl)s3)C2=O)nc1. The van der Waals surface area contributed by atoms with Crippen LogP contribution in [-0.4, -0.2) is 46.6 Å². The highest BCUT2D eigenvalue weighted by molar-refractivity contribution is 7.92. The Morgan fingerprint density at radius 1 is 1.12 bits per heavy atom. The number of halogens is 1. The normalized spacial score (nSPS) is 17.1. The molecule has 1 aromatic carbocycles. The number of hydrogen-bond donors (Lipinski definition) is 1. The molecule has 1 amide bonds. The number of sulfonamides is 1. The summed E-state index contributed by atoms with van der Waals surface area (Å²) in [5.74, 6) is -0.0519. The summed E-state index contributed by atoms with van der Waals surface area (Å²) in [4.78, 5) is 19.4. The van der Waals surface area contributed by atoms with Gasteiger partial charge in [-0.2, -0.15) is 4.72 Å². The van der Waals surface area contributed by atoms with Crippen molar-refractivity contribution in [3.63, 3.8) is 0 Å². The number of amides is 1. The van der Waals surface area contributed by atoms with Crippen LogP contribution in [-0.2, 0) is 24.7 Å². The average molecular weight is 538 g/mol. The number of carbonyl (C=O) groups is 1. The molecule has 1 saturated heterocycles. The third-order valence-electron chi connectivity index (χ3n) is 5.14. The van der Waals surface area contributed by atoms with Crippen molar-refractivity contribution >= 4 is 60.6 Å². The van der Waals surface area contributed by atoms with Gasteiger partial charge in [-0.15, -0.1) is 11.3 Å². The quantitative estimate of drug-likeness (QED) is 0.493. The summed E-state index contributed by atoms with van der Waals surface area (Å²) in [5.41, 5.74) is 1.11. The molecule has 1 unspecified atom stereocenters. The van der Waals surface area contributed by atoms with Crippen molar-refractivity contribution in [2.45, 2.75) is 17.4 Å². The minimum absolute atomic E-state index is 0.189. The highest BCUT2D eigenvalue weighted by Gasteiger charge is 2.35. The number of nitrogens with one attached hydrogen (secondary N) is 1. The Hall–Kier alpha value is -2.57. The van der Waals surface area contributed by atoms with Crippen molar-refractivity contribution < 1.29 is 21.6 Å². The monoisotopic (exact) mass is 537 g/mol. The van der Waals surface area contributed by atoms with Crippen LogP contribution >= 0.6 is 22.9 Å². The molecule has 12 heteroatoms. The lowest BCUT2D eigenvalue weighted by atomic mass is 10.1. The van der Waals surface area contributed by atoms with Gasteiger partial charge in [0.05, 0.1) is 9.23 Å². The first kappa shape index (κ1) is 24.6. The van der Waals surface area contributed by atoms with Gasteiger partial charge in [0.25, 0.3) is 0 Å². The molecule has 8 nitrogen and oxygen atoms in total. The Morgan fingerprint density at radius 3 is 2.53 bits per heavy atom. The van der Waals surface area contributed by atoms with Crippen LogP contribution in [0.25, 0.3) is 17.2 Å². The Balaban J connectivity index is 1.48. The van der Waals surface area contributed by atoms with Gasteiger partial charge >= 0.3 is 0 Å². The maximum absolute atomic E-state index is 12.8. The lowest BCUT2D eigenvalue weighted by Crippen LogP contribution is -2.40. The summed E-state index contributed by atoms with van der Waals surface area (Å²) < 4.78 is 51.9. The third kappa shape index (κ3) is 5.56. The molecule has 3 aromatic rings. The molecule has 178 valence electrons. The number of nitrogens with zero attached hydrogens (tertiary/aromatic N) is 2. The summed E-state index contributed by atoms with van der Waals surface area (Å²) in [6.07, 6.45) is 4.35. The van der Waals surface area contributed by atoms with Crippen molar-refractivity contribution in [3.8, 4) is 11.1 Å². The first-order valence-electron chi connectivity index (χ1n) is 10.1. The highest BCUT2D eigenvalue weighted by Crippen LogP contribution is 2.29. The van der Waals surface area contributed by atoms with E-state index in [-0.39, 0.29) is 11.3 Å². The van der Waals surface area contributed by atoms with Gasteiger partial charge < -0.3 is 0 Å². The summed E-state index contributed by atoms with van der Waals surface area (Å²) in [5, 5.41) is 1.01. The standard InChI is InChI=1S/C22H20ClN3O5S3/c1-33(28,29)19-5-3-2-4-17(19)15-6-9-21(24-14-15)26-12-10-18(22(26)27)25-34(30,31)13-11-16-7-8-20(23)32-16/h2-9,11,13-14,18,25H,10,12H2,1H3. The number of benzene rings is 1. The van der Waals surface area contributed by atoms with Gasteiger partial charge in [-0.25, -0.2) is 21.8 Å². The first-order chi connectivity index (χ1) is 16.0. The van der Waals surface area contributed by atoms with E-state index in [0.29, 0.717) is 32.7 Å². The van der Waals surface area contributed by atoms with Crippen LogP contribution in [0.5, 0.6) is 0 Å². The molecule has 1 aliphatic rings. The van der Waals surface area contributed by atoms with Crippen LogP contribution in [0.2, 0.25) is 4.34 Å². The number of rotatable bonds is 7. The predicted molar refractivity (Wildman–Crippen MR) is 134 cm³/mol. The van der Waals surface area contributed by atoms with E-state index >= 15 is 0 Å². The lowest BCUT2D eigenvalue weighted by molar-refractivity contribution is -0.118. The van der Waals surface area contributed by atoms with Gasteiger partial charge in [0.15, 0.2) is 9.84 Å². The van der Waals surface area contributed by atoms with Crippen molar-refractivity contribution in [1.29, 1.82) is 0 Å². The molecule has 0 radical (unpaired) electrons. The highest BCUT2D eigenvalue weighted by atomic mass is 35.5. The molecule has 0 saturated carbocycles. The van der Waals surface area contributed by atoms with Crippen molar-refractivity contribution in [1.82, 2.24) is 9.71 Å². The zero-order valence-corrected chi connectivity index (χ0v) is 21.1. The lowest BCUT2D eigenvalue weighted by Gasteiger charge is -2.16. The molecule has 0 spiro atoms. The average Bonchev–Trinajstić information content (AvgIpc) is 3.37. The van der Waals surface area contributed by atoms with Crippen LogP contribution in [0.4, 0.5) is 5.82 Å². The Kier molecular flexibility index (Phi) is 6.92. The summed E-state index contributed by atoms with van der Waals surface area (Å²) in [6, 6.07) is 12.4. The number of hydrogen-bond acceptors (Lipinski definition) is 7. The fraction of sp³-hybridized carbons (Fsp3) is 0.182. The maximum Gasteiger partial charge on any atom is 0.246 e. The van der Waals surface area contributed by atoms with E-state index in [1.54, 1.807) is 42.5 Å². The summed E-state index contributed by atoms with van der Waals surface area (Å²) in [7, 11) is -7.28. The third-order valence-corrected chi connectivity index (χ3v) is 8.60. The number of thiophene rings is 1. The summed E-state index contributed by atoms with van der Waals surface area (Å²) in [6.45, 7) is 0.294. The Morgan fingerprint density at radius 2 is 1.88 bits per heavy atom. The van der Waals surface area contributed by atoms with Crippen molar-refractivity contribution in [2.75, 3.05) is 17.7 Å². The van der Waals surface area contributed by atoms with Crippen LogP contribution in [0, 0.1) is 0 Å². The molecule has 1 aliphatic heterocycles. The molecule has 2 aromatic heterocycles. The largest absolute Gasteiger partial charge is 0.295 e. The number of carbonyl (C=O) groups excluding carboxylic acids is 1. The second-order valence-corrected chi connectivity index (χ2v) is 12.9. The molecule has 1 N–H and O–H groups in total. The maximum atomic E-state index is 12.8. The zero-order chi connectivity index (χ0) is 24.5. The van der Waals surface area contributed by atoms with Gasteiger partial charge in [0, 0.05) is 40.4 Å². The Bertz CT molecular complexity index is 1470. The number of sulfone groups is 1. The van der Waals surface area contributed by atoms with E-state index in [1.807, 2.05) is 0 Å². The van der Waals surface area contributed by atoms with Crippen molar-refractivity contribution in [3.05, 3.63) is 69.3 Å². The molecular weight excluding hydrogens is 518 g/mol. The van der Waals surface area contributed by atoms with Crippen molar-refractivity contribution in [2.24, 2.45) is 0 Å². The fourth-order valence-electron chi connectivity index (χ4n) is 3.56. The molecule has 1 atom stereocenters. The van der Waals surface area contributed by atoms with E-state index in [2.05, 4.69) is 9.71 Å². The predicted octanol–water partition coefficient (Wildman–Crippen LogP) is 3.56. The van der Waals surface area contributed by atoms with E-state index in [4.69, 9.17) is 11.6 Å². The summed E-state index contributed by atoms with van der Waals surface area (Å²) >= 11 is 7.09. The second-order valence-electron chi connectivity index (χ2n) is 7.61. The van der Waals surface area contributed by atoms with Gasteiger partial charge in [0.2, 0.25) is 15.9 Å². The first-order valence-corrected chi connectivity index (χ1v) is 14.7. The van der Waals surface area contributed by atoms with E-state index in [1.165, 1.54) is 34.6 Å². The topological polar surface area (TPSA) is 114 Å². The van der Waals surface area contributed by atoms with Crippen LogP contribution in [0.3, 0.4) is 0 Å². The number of aromatic nitrogens is 1. The van der Waals surface area contributed by atoms with Gasteiger partial charge in [-0.3, -0.25) is 9.69 Å². The van der Waals surface area contributed by atoms with E-state index < -0.39 is 31.8 Å². The smallest absolute Gasteiger partial charge is 0.246 e. The molecule has 34 heavy (non-hydrogen) atoms. The molecule has 0 bridgehead atoms. The number of pyridine rings is 1. The van der Waals surface area contributed by atoms with E-state index in [0.717, 1.165) is 11.7 Å². The van der Waals surface area contributed by atoms with Gasteiger partial charge in [0.1, 0.15) is 11.9 Å². The minimum Gasteiger partial charge on any atom is -0.295 e. The minimum atomic E-state index is -3.85. The molecular formula is C22H20ClN3O5S3. The zero-order valence-electron chi connectivity index (χ0n) is 17.9. The molecule has 3 heterocycles. The van der Waals surface area contributed by atoms with Crippen LogP contribution in [0.15, 0.2) is 65.0 Å². The molecule has 1 fully saturated rings. The Labute approximate surface area is 206 Å². The van der Waals surface area contributed by atoms with Gasteiger partial charge in [-0.1, -0.05) is 29.8 Å². The fourth-order valence-corrected chi connectivity index (χ4v) is 6.54. The second kappa shape index (κ2) is 9.59. The van der Waals surface area contributed by atoms with Crippen LogP contribution < -0.4 is 9.62 Å². The molecule has 4 rings (SSSR count). The van der Waals surface area contributed by atoms with Gasteiger partial charge in [-0.05, 0) is 42.8 Å². The molecule has 0 aliphatic carbocycles. The number of anilines is 1. The van der Waals surface area contributed by atoms with Crippen LogP contribution in [0.1, 0.15) is 11.3 Å². The van der Waals surface area contributed by atoms with E-state index in [9.17, 15) is 21.6 Å².